The molecule has 0 saturated heterocycles. The molecule has 0 atom stereocenters. The molecule has 1 aromatic carbocycles. The minimum absolute atomic E-state index is 0.147. The Kier molecular flexibility index (Phi) is 3.41. The van der Waals surface area contributed by atoms with Crippen LogP contribution in [0, 0.1) is 0 Å². The highest BCUT2D eigenvalue weighted by Crippen LogP contribution is 2.14. The molecule has 0 radical (unpaired) electrons. The summed E-state index contributed by atoms with van der Waals surface area (Å²) in [6, 6.07) is 6.10. The molecule has 0 spiro atoms. The maximum atomic E-state index is 10.7. The molecule has 1 N–H and O–H groups in total. The third kappa shape index (κ3) is 2.73. The molecule has 4 heteroatoms. The molecule has 16 heavy (non-hydrogen) atoms. The second-order valence-electron chi connectivity index (χ2n) is 3.42. The van der Waals surface area contributed by atoms with Crippen LogP contribution in [0.2, 0.25) is 0 Å². The van der Waals surface area contributed by atoms with Crippen LogP contribution in [0.1, 0.15) is 12.5 Å². The summed E-state index contributed by atoms with van der Waals surface area (Å²) in [6.45, 7) is 1.58. The van der Waals surface area contributed by atoms with Gasteiger partial charge in [-0.05, 0) is 11.6 Å². The van der Waals surface area contributed by atoms with E-state index >= 15 is 0 Å². The quantitative estimate of drug-likeness (QED) is 0.885. The first-order chi connectivity index (χ1) is 7.75. The summed E-state index contributed by atoms with van der Waals surface area (Å²) in [5.41, 5.74) is 2.14. The zero-order valence-corrected chi connectivity index (χ0v) is 9.75. The molecule has 3 nitrogen and oxygen atoms in total. The lowest BCUT2D eigenvalue weighted by Crippen LogP contribution is -1.81. The molecule has 0 amide bonds. The van der Waals surface area contributed by atoms with Gasteiger partial charge >= 0.3 is 0 Å². The van der Waals surface area contributed by atoms with Crippen molar-refractivity contribution in [1.82, 2.24) is 10.2 Å². The van der Waals surface area contributed by atoms with E-state index in [-0.39, 0.29) is 5.12 Å². The van der Waals surface area contributed by atoms with Crippen LogP contribution in [0.5, 0.6) is 0 Å². The van der Waals surface area contributed by atoms with Crippen molar-refractivity contribution < 1.29 is 4.79 Å². The van der Waals surface area contributed by atoms with Gasteiger partial charge in [0.05, 0.1) is 11.7 Å². The fraction of sp³-hybridized carbons (Fsp3) is 0.167. The van der Waals surface area contributed by atoms with E-state index in [1.165, 1.54) is 11.8 Å². The lowest BCUT2D eigenvalue weighted by molar-refractivity contribution is -0.109. The Morgan fingerprint density at radius 2 is 2.44 bits per heavy atom. The molecule has 0 fully saturated rings. The molecule has 0 saturated carbocycles. The Balaban J connectivity index is 2.06. The van der Waals surface area contributed by atoms with Crippen molar-refractivity contribution in [2.24, 2.45) is 0 Å². The number of fused-ring (bicyclic) bond motifs is 1. The number of aromatic amines is 1. The van der Waals surface area contributed by atoms with Crippen LogP contribution in [0.4, 0.5) is 0 Å². The second-order valence-corrected chi connectivity index (χ2v) is 4.62. The van der Waals surface area contributed by atoms with E-state index in [2.05, 4.69) is 10.2 Å². The predicted molar refractivity (Wildman–Crippen MR) is 68.3 cm³/mol. The molecule has 82 valence electrons. The fourth-order valence-corrected chi connectivity index (χ4v) is 1.84. The van der Waals surface area contributed by atoms with Crippen LogP contribution in [-0.4, -0.2) is 21.1 Å². The average molecular weight is 232 g/mol. The summed E-state index contributed by atoms with van der Waals surface area (Å²) in [5, 5.41) is 8.14. The third-order valence-corrected chi connectivity index (χ3v) is 2.92. The largest absolute Gasteiger partial charge is 0.288 e. The highest BCUT2D eigenvalue weighted by Gasteiger charge is 1.95. The van der Waals surface area contributed by atoms with E-state index in [1.807, 2.05) is 30.4 Å². The first-order valence-electron chi connectivity index (χ1n) is 4.99. The van der Waals surface area contributed by atoms with Gasteiger partial charge < -0.3 is 0 Å². The van der Waals surface area contributed by atoms with E-state index in [4.69, 9.17) is 0 Å². The maximum Gasteiger partial charge on any atom is 0.186 e. The molecule has 2 aromatic rings. The Morgan fingerprint density at radius 1 is 1.56 bits per heavy atom. The summed E-state index contributed by atoms with van der Waals surface area (Å²) >= 11 is 1.31. The Bertz CT molecular complexity index is 531. The van der Waals surface area contributed by atoms with Crippen LogP contribution in [-0.2, 0) is 4.79 Å². The SMILES string of the molecule is CC(=O)SCC=Cc1ccc2cn[nH]c2c1. The van der Waals surface area contributed by atoms with E-state index in [9.17, 15) is 4.79 Å². The molecule has 0 aliphatic heterocycles. The van der Waals surface area contributed by atoms with Gasteiger partial charge in [0.2, 0.25) is 0 Å². The number of H-pyrrole nitrogens is 1. The number of carbonyl (C=O) groups is 1. The normalized spacial score (nSPS) is 11.3. The van der Waals surface area contributed by atoms with Crippen LogP contribution >= 0.6 is 11.8 Å². The number of hydrogen-bond donors (Lipinski definition) is 1. The first-order valence-corrected chi connectivity index (χ1v) is 5.97. The predicted octanol–water partition coefficient (Wildman–Crippen LogP) is 2.86. The molecule has 0 aliphatic carbocycles. The van der Waals surface area contributed by atoms with E-state index < -0.39 is 0 Å². The summed E-state index contributed by atoms with van der Waals surface area (Å²) < 4.78 is 0. The molecule has 1 heterocycles. The summed E-state index contributed by atoms with van der Waals surface area (Å²) in [5.74, 6) is 0.719. The zero-order chi connectivity index (χ0) is 11.4. The minimum Gasteiger partial charge on any atom is -0.288 e. The van der Waals surface area contributed by atoms with Crippen LogP contribution in [0.25, 0.3) is 17.0 Å². The van der Waals surface area contributed by atoms with Gasteiger partial charge in [-0.15, -0.1) is 0 Å². The summed E-state index contributed by atoms with van der Waals surface area (Å²) in [7, 11) is 0. The van der Waals surface area contributed by atoms with E-state index in [1.54, 1.807) is 13.1 Å². The number of nitrogens with one attached hydrogen (secondary N) is 1. The lowest BCUT2D eigenvalue weighted by atomic mass is 10.1. The number of aromatic nitrogens is 2. The van der Waals surface area contributed by atoms with Gasteiger partial charge in [-0.1, -0.05) is 36.0 Å². The summed E-state index contributed by atoms with van der Waals surface area (Å²) in [4.78, 5) is 10.7. The standard InChI is InChI=1S/C12H12N2OS/c1-9(15)16-6-2-3-10-4-5-11-8-13-14-12(11)7-10/h2-5,7-8H,6H2,1H3,(H,13,14). The van der Waals surface area contributed by atoms with Crippen LogP contribution in [0.15, 0.2) is 30.5 Å². The van der Waals surface area contributed by atoms with Crippen molar-refractivity contribution in [3.05, 3.63) is 36.0 Å². The molecular formula is C12H12N2OS. The van der Waals surface area contributed by atoms with Crippen LogP contribution < -0.4 is 0 Å². The van der Waals surface area contributed by atoms with Gasteiger partial charge in [0.15, 0.2) is 5.12 Å². The van der Waals surface area contributed by atoms with Gasteiger partial charge in [-0.25, -0.2) is 0 Å². The molecule has 0 bridgehead atoms. The van der Waals surface area contributed by atoms with Crippen LogP contribution in [0.3, 0.4) is 0 Å². The topological polar surface area (TPSA) is 45.8 Å². The van der Waals surface area contributed by atoms with Crippen molar-refractivity contribution in [3.8, 4) is 0 Å². The average Bonchev–Trinajstić information content (AvgIpc) is 2.71. The first kappa shape index (κ1) is 11.0. The third-order valence-electron chi connectivity index (χ3n) is 2.16. The second kappa shape index (κ2) is 4.99. The highest BCUT2D eigenvalue weighted by atomic mass is 32.2. The highest BCUT2D eigenvalue weighted by molar-refractivity contribution is 8.13. The number of carbonyl (C=O) groups excluding carboxylic acids is 1. The minimum atomic E-state index is 0.147. The number of hydrogen-bond acceptors (Lipinski definition) is 3. The molecule has 0 unspecified atom stereocenters. The van der Waals surface area contributed by atoms with Gasteiger partial charge in [0, 0.05) is 18.1 Å². The Hall–Kier alpha value is -1.55. The fourth-order valence-electron chi connectivity index (χ4n) is 1.41. The van der Waals surface area contributed by atoms with Gasteiger partial charge in [-0.2, -0.15) is 5.10 Å². The van der Waals surface area contributed by atoms with Gasteiger partial charge in [0.25, 0.3) is 0 Å². The zero-order valence-electron chi connectivity index (χ0n) is 8.93. The molecular weight excluding hydrogens is 220 g/mol. The molecule has 1 aromatic heterocycles. The molecule has 2 rings (SSSR count). The van der Waals surface area contributed by atoms with E-state index in [0.717, 1.165) is 22.2 Å². The maximum absolute atomic E-state index is 10.7. The van der Waals surface area contributed by atoms with E-state index in [0.29, 0.717) is 0 Å². The lowest BCUT2D eigenvalue weighted by Gasteiger charge is -1.94. The van der Waals surface area contributed by atoms with Gasteiger partial charge in [-0.3, -0.25) is 9.89 Å². The van der Waals surface area contributed by atoms with Crippen molar-refractivity contribution in [3.63, 3.8) is 0 Å². The number of benzene rings is 1. The van der Waals surface area contributed by atoms with Crippen molar-refractivity contribution >= 4 is 33.9 Å². The van der Waals surface area contributed by atoms with Crippen molar-refractivity contribution in [1.29, 1.82) is 0 Å². The summed E-state index contributed by atoms with van der Waals surface area (Å²) in [6.07, 6.45) is 5.80. The number of nitrogens with zero attached hydrogens (tertiary/aromatic N) is 1. The molecule has 0 aliphatic rings. The number of rotatable bonds is 3. The van der Waals surface area contributed by atoms with Crippen molar-refractivity contribution in [2.75, 3.05) is 5.75 Å². The van der Waals surface area contributed by atoms with Gasteiger partial charge in [0.1, 0.15) is 0 Å². The van der Waals surface area contributed by atoms with Crippen molar-refractivity contribution in [2.45, 2.75) is 6.92 Å². The number of thioether (sulfide) groups is 1. The monoisotopic (exact) mass is 232 g/mol. The smallest absolute Gasteiger partial charge is 0.186 e. The Morgan fingerprint density at radius 3 is 3.25 bits per heavy atom. The Labute approximate surface area is 97.9 Å².